The van der Waals surface area contributed by atoms with Crippen molar-refractivity contribution < 1.29 is 19.6 Å². The van der Waals surface area contributed by atoms with Crippen LogP contribution in [0.15, 0.2) is 0 Å². The van der Waals surface area contributed by atoms with Crippen LogP contribution in [0.4, 0.5) is 0 Å². The summed E-state index contributed by atoms with van der Waals surface area (Å²) in [5, 5.41) is 12.9. The van der Waals surface area contributed by atoms with Gasteiger partial charge in [0.05, 0.1) is 12.5 Å². The standard InChI is InChI=1S/C17H31N3O4/c1-17(2,3)14(16(23)19(4)5)18-15(22)13(10-20(24)11-21)12-8-6-7-9-12/h11-14,24H,6-10H2,1-5H3,(H,18,22). The molecule has 138 valence electrons. The topological polar surface area (TPSA) is 90.0 Å². The predicted molar refractivity (Wildman–Crippen MR) is 90.1 cm³/mol. The predicted octanol–water partition coefficient (Wildman–Crippen LogP) is 1.26. The van der Waals surface area contributed by atoms with E-state index in [4.69, 9.17) is 0 Å². The summed E-state index contributed by atoms with van der Waals surface area (Å²) in [5.41, 5.74) is -0.444. The number of hydrogen-bond donors (Lipinski definition) is 2. The van der Waals surface area contributed by atoms with Gasteiger partial charge in [-0.1, -0.05) is 33.6 Å². The van der Waals surface area contributed by atoms with Crippen molar-refractivity contribution in [1.29, 1.82) is 0 Å². The second-order valence-corrected chi connectivity index (χ2v) is 7.92. The Balaban J connectivity index is 2.94. The van der Waals surface area contributed by atoms with E-state index >= 15 is 0 Å². The van der Waals surface area contributed by atoms with E-state index in [-0.39, 0.29) is 24.3 Å². The van der Waals surface area contributed by atoms with Gasteiger partial charge < -0.3 is 10.2 Å². The van der Waals surface area contributed by atoms with Crippen LogP contribution in [0, 0.1) is 17.3 Å². The fourth-order valence-corrected chi connectivity index (χ4v) is 3.21. The molecule has 0 aliphatic heterocycles. The third-order valence-electron chi connectivity index (χ3n) is 4.65. The summed E-state index contributed by atoms with van der Waals surface area (Å²) >= 11 is 0. The highest BCUT2D eigenvalue weighted by atomic mass is 16.5. The molecule has 0 bridgehead atoms. The molecular formula is C17H31N3O4. The largest absolute Gasteiger partial charge is 0.347 e. The lowest BCUT2D eigenvalue weighted by Gasteiger charge is -2.34. The number of hydroxylamine groups is 2. The Hall–Kier alpha value is -1.63. The number of likely N-dealkylation sites (N-methyl/N-ethyl adjacent to an activating group) is 1. The number of nitrogens with zero attached hydrogens (tertiary/aromatic N) is 2. The van der Waals surface area contributed by atoms with E-state index in [2.05, 4.69) is 5.32 Å². The van der Waals surface area contributed by atoms with Gasteiger partial charge in [-0.25, -0.2) is 5.06 Å². The summed E-state index contributed by atoms with van der Waals surface area (Å²) in [4.78, 5) is 37.5. The fraction of sp³-hybridized carbons (Fsp3) is 0.824. The zero-order valence-corrected chi connectivity index (χ0v) is 15.4. The van der Waals surface area contributed by atoms with Gasteiger partial charge in [-0.05, 0) is 24.2 Å². The van der Waals surface area contributed by atoms with Crippen LogP contribution in [0.5, 0.6) is 0 Å². The van der Waals surface area contributed by atoms with Crippen LogP contribution in [0.3, 0.4) is 0 Å². The summed E-state index contributed by atoms with van der Waals surface area (Å²) < 4.78 is 0. The lowest BCUT2D eigenvalue weighted by molar-refractivity contribution is -0.157. The van der Waals surface area contributed by atoms with Crippen molar-refractivity contribution in [2.75, 3.05) is 20.6 Å². The zero-order valence-electron chi connectivity index (χ0n) is 15.4. The smallest absolute Gasteiger partial charge is 0.245 e. The van der Waals surface area contributed by atoms with Gasteiger partial charge in [0, 0.05) is 14.1 Å². The molecular weight excluding hydrogens is 310 g/mol. The Kier molecular flexibility index (Phi) is 7.20. The number of amides is 3. The van der Waals surface area contributed by atoms with Gasteiger partial charge in [0.25, 0.3) is 0 Å². The molecule has 0 aromatic heterocycles. The van der Waals surface area contributed by atoms with Gasteiger partial charge in [-0.2, -0.15) is 0 Å². The highest BCUT2D eigenvalue weighted by Crippen LogP contribution is 2.32. The van der Waals surface area contributed by atoms with Gasteiger partial charge in [0.1, 0.15) is 6.04 Å². The van der Waals surface area contributed by atoms with E-state index in [1.165, 1.54) is 4.90 Å². The van der Waals surface area contributed by atoms with Crippen LogP contribution < -0.4 is 5.32 Å². The van der Waals surface area contributed by atoms with E-state index in [0.29, 0.717) is 11.5 Å². The van der Waals surface area contributed by atoms with Crippen molar-refractivity contribution in [3.8, 4) is 0 Å². The molecule has 1 saturated carbocycles. The average molecular weight is 341 g/mol. The quantitative estimate of drug-likeness (QED) is 0.414. The van der Waals surface area contributed by atoms with Crippen molar-refractivity contribution in [3.05, 3.63) is 0 Å². The molecule has 7 heteroatoms. The summed E-state index contributed by atoms with van der Waals surface area (Å²) in [6.07, 6.45) is 4.18. The SMILES string of the molecule is CN(C)C(=O)C(NC(=O)C(CN(O)C=O)C1CCCC1)C(C)(C)C. The van der Waals surface area contributed by atoms with Gasteiger partial charge in [0.2, 0.25) is 18.2 Å². The fourth-order valence-electron chi connectivity index (χ4n) is 3.21. The molecule has 1 rings (SSSR count). The number of carbonyl (C=O) groups is 3. The van der Waals surface area contributed by atoms with E-state index < -0.39 is 17.4 Å². The summed E-state index contributed by atoms with van der Waals surface area (Å²) in [6, 6.07) is -0.660. The first-order chi connectivity index (χ1) is 11.1. The molecule has 1 fully saturated rings. The van der Waals surface area contributed by atoms with Gasteiger partial charge in [-0.15, -0.1) is 0 Å². The molecule has 7 nitrogen and oxygen atoms in total. The number of hydrogen-bond acceptors (Lipinski definition) is 4. The van der Waals surface area contributed by atoms with E-state index in [0.717, 1.165) is 25.7 Å². The van der Waals surface area contributed by atoms with Crippen molar-refractivity contribution in [2.24, 2.45) is 17.3 Å². The number of rotatable bonds is 7. The lowest BCUT2D eigenvalue weighted by Crippen LogP contribution is -2.55. The zero-order chi connectivity index (χ0) is 18.5. The van der Waals surface area contributed by atoms with E-state index in [9.17, 15) is 19.6 Å². The van der Waals surface area contributed by atoms with E-state index in [1.807, 2.05) is 20.8 Å². The Morgan fingerprint density at radius 1 is 1.25 bits per heavy atom. The van der Waals surface area contributed by atoms with Gasteiger partial charge >= 0.3 is 0 Å². The molecule has 0 aromatic rings. The molecule has 2 unspecified atom stereocenters. The molecule has 24 heavy (non-hydrogen) atoms. The van der Waals surface area contributed by atoms with Gasteiger partial charge in [0.15, 0.2) is 0 Å². The first-order valence-electron chi connectivity index (χ1n) is 8.50. The molecule has 1 aliphatic rings. The first kappa shape index (κ1) is 20.4. The minimum atomic E-state index is -0.660. The maximum Gasteiger partial charge on any atom is 0.245 e. The maximum absolute atomic E-state index is 12.8. The third kappa shape index (κ3) is 5.47. The lowest BCUT2D eigenvalue weighted by atomic mass is 9.84. The number of carbonyl (C=O) groups excluding carboxylic acids is 3. The first-order valence-corrected chi connectivity index (χ1v) is 8.50. The van der Waals surface area contributed by atoms with Crippen molar-refractivity contribution in [1.82, 2.24) is 15.3 Å². The van der Waals surface area contributed by atoms with Crippen LogP contribution >= 0.6 is 0 Å². The van der Waals surface area contributed by atoms with Gasteiger partial charge in [-0.3, -0.25) is 19.6 Å². The van der Waals surface area contributed by atoms with E-state index in [1.54, 1.807) is 14.1 Å². The molecule has 2 N–H and O–H groups in total. The maximum atomic E-state index is 12.8. The molecule has 0 aromatic carbocycles. The Bertz CT molecular complexity index is 453. The number of nitrogens with one attached hydrogen (secondary N) is 1. The Labute approximate surface area is 144 Å². The van der Waals surface area contributed by atoms with Crippen LogP contribution in [0.1, 0.15) is 46.5 Å². The molecule has 0 heterocycles. The van der Waals surface area contributed by atoms with Crippen LogP contribution in [-0.2, 0) is 14.4 Å². The second-order valence-electron chi connectivity index (χ2n) is 7.92. The Morgan fingerprint density at radius 2 is 1.79 bits per heavy atom. The Morgan fingerprint density at radius 3 is 2.21 bits per heavy atom. The highest BCUT2D eigenvalue weighted by Gasteiger charge is 2.38. The average Bonchev–Trinajstić information content (AvgIpc) is 3.01. The van der Waals surface area contributed by atoms with Crippen LogP contribution in [0.2, 0.25) is 0 Å². The molecule has 0 radical (unpaired) electrons. The summed E-state index contributed by atoms with van der Waals surface area (Å²) in [7, 11) is 3.31. The second kappa shape index (κ2) is 8.46. The third-order valence-corrected chi connectivity index (χ3v) is 4.65. The minimum absolute atomic E-state index is 0.0486. The minimum Gasteiger partial charge on any atom is -0.347 e. The van der Waals surface area contributed by atoms with Crippen molar-refractivity contribution in [3.63, 3.8) is 0 Å². The molecule has 2 atom stereocenters. The van der Waals surface area contributed by atoms with Crippen molar-refractivity contribution >= 4 is 18.2 Å². The molecule has 1 aliphatic carbocycles. The van der Waals surface area contributed by atoms with Crippen molar-refractivity contribution in [2.45, 2.75) is 52.5 Å². The highest BCUT2D eigenvalue weighted by molar-refractivity contribution is 5.89. The summed E-state index contributed by atoms with van der Waals surface area (Å²) in [6.45, 7) is 5.64. The van der Waals surface area contributed by atoms with Crippen LogP contribution in [0.25, 0.3) is 0 Å². The molecule has 0 spiro atoms. The molecule has 0 saturated heterocycles. The summed E-state index contributed by atoms with van der Waals surface area (Å²) in [5.74, 6) is -0.840. The molecule has 3 amide bonds. The normalized spacial score (nSPS) is 17.9. The monoisotopic (exact) mass is 341 g/mol. The van der Waals surface area contributed by atoms with Crippen LogP contribution in [-0.4, -0.2) is 60.1 Å².